The van der Waals surface area contributed by atoms with Gasteiger partial charge in [0.1, 0.15) is 10.5 Å². The lowest BCUT2D eigenvalue weighted by atomic mass is 9.79. The van der Waals surface area contributed by atoms with E-state index in [-0.39, 0.29) is 17.7 Å². The molecular formula is C16H23NO6S. The zero-order valence-electron chi connectivity index (χ0n) is 13.6. The number of hydroxylamine groups is 1. The van der Waals surface area contributed by atoms with Gasteiger partial charge >= 0.3 is 0 Å². The second kappa shape index (κ2) is 7.50. The molecule has 1 fully saturated rings. The van der Waals surface area contributed by atoms with E-state index in [1.807, 2.05) is 6.92 Å². The van der Waals surface area contributed by atoms with E-state index in [4.69, 9.17) is 9.94 Å². The summed E-state index contributed by atoms with van der Waals surface area (Å²) in [4.78, 5) is 11.6. The minimum absolute atomic E-state index is 0.0230. The van der Waals surface area contributed by atoms with Crippen LogP contribution in [0, 0.1) is 0 Å². The van der Waals surface area contributed by atoms with Crippen LogP contribution in [0.4, 0.5) is 0 Å². The number of hydrogen-bond donors (Lipinski definition) is 3. The average Bonchev–Trinajstić information content (AvgIpc) is 2.53. The molecule has 1 aromatic carbocycles. The molecule has 0 spiro atoms. The van der Waals surface area contributed by atoms with Gasteiger partial charge in [-0.2, -0.15) is 0 Å². The summed E-state index contributed by atoms with van der Waals surface area (Å²) in [5, 5.41) is 18.8. The van der Waals surface area contributed by atoms with Crippen LogP contribution in [0.25, 0.3) is 0 Å². The first kappa shape index (κ1) is 18.7. The highest BCUT2D eigenvalue weighted by Crippen LogP contribution is 2.45. The van der Waals surface area contributed by atoms with Gasteiger partial charge in [-0.05, 0) is 43.5 Å². The van der Waals surface area contributed by atoms with Crippen LogP contribution in [0.1, 0.15) is 39.0 Å². The molecule has 1 atom stereocenters. The zero-order chi connectivity index (χ0) is 17.8. The van der Waals surface area contributed by atoms with E-state index < -0.39 is 26.6 Å². The number of amides is 1. The maximum Gasteiger partial charge on any atom is 0.273 e. The Morgan fingerprint density at radius 2 is 1.96 bits per heavy atom. The van der Waals surface area contributed by atoms with Gasteiger partial charge in [-0.1, -0.05) is 19.8 Å². The summed E-state index contributed by atoms with van der Waals surface area (Å²) in [6, 6.07) is 5.96. The Morgan fingerprint density at radius 3 is 2.42 bits per heavy atom. The Bertz CT molecular complexity index is 666. The fourth-order valence-electron chi connectivity index (χ4n) is 2.80. The second-order valence-corrected chi connectivity index (χ2v) is 8.27. The molecule has 0 aliphatic heterocycles. The first-order valence-corrected chi connectivity index (χ1v) is 9.47. The molecule has 1 unspecified atom stereocenters. The third-order valence-electron chi connectivity index (χ3n) is 4.49. The predicted molar refractivity (Wildman–Crippen MR) is 86.5 cm³/mol. The van der Waals surface area contributed by atoms with E-state index in [2.05, 4.69) is 0 Å². The number of unbranched alkanes of at least 4 members (excludes halogenated alkanes) is 1. The van der Waals surface area contributed by atoms with Crippen molar-refractivity contribution in [3.63, 3.8) is 0 Å². The summed E-state index contributed by atoms with van der Waals surface area (Å²) in [5.74, 6) is -0.545. The number of rotatable bonds is 8. The highest BCUT2D eigenvalue weighted by molar-refractivity contribution is 7.93. The molecule has 1 saturated carbocycles. The summed E-state index contributed by atoms with van der Waals surface area (Å²) in [5.41, 5.74) is 1.33. The summed E-state index contributed by atoms with van der Waals surface area (Å²) in [7, 11) is -3.94. The number of hydrogen-bond acceptors (Lipinski definition) is 6. The number of aliphatic hydroxyl groups excluding tert-OH is 1. The van der Waals surface area contributed by atoms with Gasteiger partial charge in [0.15, 0.2) is 15.9 Å². The lowest BCUT2D eigenvalue weighted by Crippen LogP contribution is -2.59. The molecule has 134 valence electrons. The van der Waals surface area contributed by atoms with E-state index in [1.54, 1.807) is 12.1 Å². The summed E-state index contributed by atoms with van der Waals surface area (Å²) >= 11 is 0. The van der Waals surface area contributed by atoms with Gasteiger partial charge in [-0.25, -0.2) is 13.9 Å². The molecule has 0 saturated heterocycles. The van der Waals surface area contributed by atoms with Crippen LogP contribution in [0.15, 0.2) is 29.2 Å². The molecule has 1 aliphatic carbocycles. The summed E-state index contributed by atoms with van der Waals surface area (Å²) in [6.45, 7) is 2.60. The number of carbonyl (C=O) groups excluding carboxylic acids is 1. The minimum atomic E-state index is -3.94. The van der Waals surface area contributed by atoms with Gasteiger partial charge in [-0.15, -0.1) is 0 Å². The average molecular weight is 357 g/mol. The normalized spacial score (nSPS) is 17.6. The topological polar surface area (TPSA) is 113 Å². The smallest absolute Gasteiger partial charge is 0.273 e. The van der Waals surface area contributed by atoms with Gasteiger partial charge in [0.2, 0.25) is 0 Å². The number of carbonyl (C=O) groups is 1. The molecule has 3 N–H and O–H groups in total. The van der Waals surface area contributed by atoms with Crippen molar-refractivity contribution in [2.75, 3.05) is 6.61 Å². The molecular weight excluding hydrogens is 334 g/mol. The number of sulfone groups is 1. The molecule has 2 rings (SSSR count). The highest BCUT2D eigenvalue weighted by Gasteiger charge is 2.57. The van der Waals surface area contributed by atoms with Crippen molar-refractivity contribution >= 4 is 15.7 Å². The van der Waals surface area contributed by atoms with E-state index in [0.29, 0.717) is 18.8 Å². The lowest BCUT2D eigenvalue weighted by Gasteiger charge is -2.43. The molecule has 7 nitrogen and oxygen atoms in total. The number of nitrogens with one attached hydrogen (secondary N) is 1. The Balaban J connectivity index is 2.24. The first-order chi connectivity index (χ1) is 11.4. The van der Waals surface area contributed by atoms with Crippen LogP contribution < -0.4 is 10.2 Å². The van der Waals surface area contributed by atoms with Crippen molar-refractivity contribution in [2.24, 2.45) is 0 Å². The van der Waals surface area contributed by atoms with E-state index in [0.717, 1.165) is 12.8 Å². The molecule has 1 amide bonds. The number of benzene rings is 1. The quantitative estimate of drug-likeness (QED) is 0.368. The van der Waals surface area contributed by atoms with Gasteiger partial charge in [0.25, 0.3) is 5.91 Å². The van der Waals surface area contributed by atoms with E-state index in [1.165, 1.54) is 17.6 Å². The van der Waals surface area contributed by atoms with Crippen LogP contribution in [0.5, 0.6) is 5.75 Å². The zero-order valence-corrected chi connectivity index (χ0v) is 14.4. The Hall–Kier alpha value is -1.64. The van der Waals surface area contributed by atoms with E-state index >= 15 is 0 Å². The van der Waals surface area contributed by atoms with Crippen molar-refractivity contribution < 1.29 is 28.3 Å². The molecule has 1 aromatic rings. The molecule has 24 heavy (non-hydrogen) atoms. The van der Waals surface area contributed by atoms with Crippen molar-refractivity contribution in [3.8, 4) is 5.75 Å². The van der Waals surface area contributed by atoms with E-state index in [9.17, 15) is 18.3 Å². The fourth-order valence-corrected chi connectivity index (χ4v) is 4.99. The molecule has 0 radical (unpaired) electrons. The van der Waals surface area contributed by atoms with Crippen molar-refractivity contribution in [1.82, 2.24) is 5.48 Å². The second-order valence-electron chi connectivity index (χ2n) is 5.97. The van der Waals surface area contributed by atoms with Crippen molar-refractivity contribution in [3.05, 3.63) is 24.3 Å². The molecule has 8 heteroatoms. The van der Waals surface area contributed by atoms with Gasteiger partial charge in [0.05, 0.1) is 11.5 Å². The lowest BCUT2D eigenvalue weighted by molar-refractivity contribution is -0.141. The van der Waals surface area contributed by atoms with Crippen molar-refractivity contribution in [2.45, 2.75) is 54.8 Å². The van der Waals surface area contributed by atoms with Gasteiger partial charge in [-0.3, -0.25) is 10.0 Å². The standard InChI is InChI=1S/C16H23NO6S/c1-2-3-11-23-12-5-7-13(8-6-12)24(21,22)16(9-4-10-16)14(18)15(19)17-20/h5-8,14,18,20H,2-4,9-11H2,1H3,(H,17,19). The predicted octanol–water partition coefficient (Wildman–Crippen LogP) is 1.43. The summed E-state index contributed by atoms with van der Waals surface area (Å²) in [6.07, 6.45) is 1.01. The monoisotopic (exact) mass is 357 g/mol. The van der Waals surface area contributed by atoms with Crippen LogP contribution in [-0.4, -0.2) is 42.1 Å². The van der Waals surface area contributed by atoms with Crippen LogP contribution in [0.3, 0.4) is 0 Å². The maximum absolute atomic E-state index is 12.9. The van der Waals surface area contributed by atoms with Gasteiger partial charge < -0.3 is 9.84 Å². The SMILES string of the molecule is CCCCOc1ccc(S(=O)(=O)C2(C(O)C(=O)NO)CCC2)cc1. The van der Waals surface area contributed by atoms with Crippen LogP contribution in [0.2, 0.25) is 0 Å². The summed E-state index contributed by atoms with van der Waals surface area (Å²) < 4.78 is 29.7. The van der Waals surface area contributed by atoms with Crippen molar-refractivity contribution in [1.29, 1.82) is 0 Å². The third kappa shape index (κ3) is 3.26. The molecule has 0 heterocycles. The Labute approximate surface area is 141 Å². The Morgan fingerprint density at radius 1 is 1.33 bits per heavy atom. The van der Waals surface area contributed by atoms with Gasteiger partial charge in [0, 0.05) is 0 Å². The van der Waals surface area contributed by atoms with Crippen LogP contribution >= 0.6 is 0 Å². The molecule has 0 bridgehead atoms. The number of aliphatic hydroxyl groups is 1. The molecule has 1 aliphatic rings. The van der Waals surface area contributed by atoms with Crippen LogP contribution in [-0.2, 0) is 14.6 Å². The largest absolute Gasteiger partial charge is 0.494 e. The molecule has 0 aromatic heterocycles. The Kier molecular flexibility index (Phi) is 5.84. The fraction of sp³-hybridized carbons (Fsp3) is 0.562. The maximum atomic E-state index is 12.9. The first-order valence-electron chi connectivity index (χ1n) is 7.98. The number of ether oxygens (including phenoxy) is 1. The minimum Gasteiger partial charge on any atom is -0.494 e. The highest BCUT2D eigenvalue weighted by atomic mass is 32.2. The third-order valence-corrected chi connectivity index (χ3v) is 7.09.